The molecule has 1 amide bonds. The van der Waals surface area contributed by atoms with Gasteiger partial charge in [0.1, 0.15) is 11.6 Å². The van der Waals surface area contributed by atoms with Crippen LogP contribution >= 0.6 is 0 Å². The van der Waals surface area contributed by atoms with Gasteiger partial charge >= 0.3 is 0 Å². The van der Waals surface area contributed by atoms with E-state index in [2.05, 4.69) is 16.4 Å². The highest BCUT2D eigenvalue weighted by molar-refractivity contribution is 5.99. The van der Waals surface area contributed by atoms with Crippen molar-refractivity contribution < 1.29 is 9.53 Å². The van der Waals surface area contributed by atoms with Crippen LogP contribution in [-0.4, -0.2) is 29.9 Å². The standard InChI is InChI=1S/C22H20N4O2/c1-26(15-17-11-9-16(14-23)10-12-17)22(27)18-6-5-13-24-21(18)25-19-7-3-4-8-20(19)28-2/h3-13H,15H2,1-2H3,(H,24,25). The lowest BCUT2D eigenvalue weighted by molar-refractivity contribution is 0.0785. The molecule has 0 radical (unpaired) electrons. The first-order valence-electron chi connectivity index (χ1n) is 8.72. The number of nitriles is 1. The summed E-state index contributed by atoms with van der Waals surface area (Å²) in [7, 11) is 3.33. The molecule has 1 N–H and O–H groups in total. The van der Waals surface area contributed by atoms with Gasteiger partial charge in [0.2, 0.25) is 0 Å². The maximum absolute atomic E-state index is 13.0. The Labute approximate surface area is 164 Å². The van der Waals surface area contributed by atoms with Gasteiger partial charge in [-0.05, 0) is 42.0 Å². The fourth-order valence-corrected chi connectivity index (χ4v) is 2.79. The first-order valence-corrected chi connectivity index (χ1v) is 8.72. The zero-order chi connectivity index (χ0) is 19.9. The Morgan fingerprint density at radius 3 is 2.61 bits per heavy atom. The molecule has 0 atom stereocenters. The number of anilines is 2. The third-order valence-electron chi connectivity index (χ3n) is 4.25. The Hall–Kier alpha value is -3.85. The number of rotatable bonds is 6. The summed E-state index contributed by atoms with van der Waals surface area (Å²) in [5.74, 6) is 0.969. The van der Waals surface area contributed by atoms with Gasteiger partial charge in [0, 0.05) is 19.8 Å². The van der Waals surface area contributed by atoms with Gasteiger partial charge in [0.15, 0.2) is 0 Å². The predicted octanol–water partition coefficient (Wildman–Crippen LogP) is 3.98. The van der Waals surface area contributed by atoms with Crippen LogP contribution in [0.4, 0.5) is 11.5 Å². The van der Waals surface area contributed by atoms with Crippen LogP contribution in [-0.2, 0) is 6.54 Å². The molecule has 6 nitrogen and oxygen atoms in total. The monoisotopic (exact) mass is 372 g/mol. The summed E-state index contributed by atoms with van der Waals surface area (Å²) >= 11 is 0. The Morgan fingerprint density at radius 2 is 1.89 bits per heavy atom. The molecule has 3 rings (SSSR count). The summed E-state index contributed by atoms with van der Waals surface area (Å²) in [6, 6.07) is 20.2. The van der Waals surface area contributed by atoms with Gasteiger partial charge in [0.05, 0.1) is 30.0 Å². The molecule has 0 saturated carbocycles. The van der Waals surface area contributed by atoms with E-state index in [0.717, 1.165) is 11.3 Å². The number of carbonyl (C=O) groups excluding carboxylic acids is 1. The summed E-state index contributed by atoms with van der Waals surface area (Å²) in [6.45, 7) is 0.424. The molecule has 0 aliphatic rings. The molecule has 0 saturated heterocycles. The minimum Gasteiger partial charge on any atom is -0.495 e. The van der Waals surface area contributed by atoms with E-state index in [1.165, 1.54) is 0 Å². The highest BCUT2D eigenvalue weighted by Crippen LogP contribution is 2.28. The third-order valence-corrected chi connectivity index (χ3v) is 4.25. The number of para-hydroxylation sites is 2. The van der Waals surface area contributed by atoms with Gasteiger partial charge in [-0.25, -0.2) is 4.98 Å². The van der Waals surface area contributed by atoms with Crippen molar-refractivity contribution in [2.75, 3.05) is 19.5 Å². The molecule has 1 heterocycles. The summed E-state index contributed by atoms with van der Waals surface area (Å²) < 4.78 is 5.35. The maximum atomic E-state index is 13.0. The number of benzene rings is 2. The number of amides is 1. The van der Waals surface area contributed by atoms with E-state index >= 15 is 0 Å². The fourth-order valence-electron chi connectivity index (χ4n) is 2.79. The molecule has 140 valence electrons. The Kier molecular flexibility index (Phi) is 5.87. The fraction of sp³-hybridized carbons (Fsp3) is 0.136. The van der Waals surface area contributed by atoms with Crippen molar-refractivity contribution in [2.24, 2.45) is 0 Å². The summed E-state index contributed by atoms with van der Waals surface area (Å²) in [5.41, 5.74) is 2.73. The van der Waals surface area contributed by atoms with Crippen molar-refractivity contribution in [2.45, 2.75) is 6.54 Å². The lowest BCUT2D eigenvalue weighted by Crippen LogP contribution is -2.27. The first-order chi connectivity index (χ1) is 13.6. The normalized spacial score (nSPS) is 10.0. The number of hydrogen-bond acceptors (Lipinski definition) is 5. The second kappa shape index (κ2) is 8.69. The quantitative estimate of drug-likeness (QED) is 0.708. The molecule has 6 heteroatoms. The van der Waals surface area contributed by atoms with Crippen LogP contribution in [0.3, 0.4) is 0 Å². The smallest absolute Gasteiger partial charge is 0.257 e. The van der Waals surface area contributed by atoms with Crippen LogP contribution in [0.15, 0.2) is 66.9 Å². The van der Waals surface area contributed by atoms with Crippen molar-refractivity contribution in [1.82, 2.24) is 9.88 Å². The van der Waals surface area contributed by atoms with Gasteiger partial charge < -0.3 is 15.0 Å². The number of ether oxygens (including phenoxy) is 1. The van der Waals surface area contributed by atoms with E-state index < -0.39 is 0 Å². The Morgan fingerprint density at radius 1 is 1.14 bits per heavy atom. The van der Waals surface area contributed by atoms with Crippen LogP contribution in [0.25, 0.3) is 0 Å². The number of methoxy groups -OCH3 is 1. The number of nitrogens with one attached hydrogen (secondary N) is 1. The average Bonchev–Trinajstić information content (AvgIpc) is 2.74. The van der Waals surface area contributed by atoms with E-state index in [-0.39, 0.29) is 5.91 Å². The van der Waals surface area contributed by atoms with E-state index in [4.69, 9.17) is 10.00 Å². The van der Waals surface area contributed by atoms with Crippen LogP contribution in [0.5, 0.6) is 5.75 Å². The lowest BCUT2D eigenvalue weighted by atomic mass is 10.1. The van der Waals surface area contributed by atoms with Gasteiger partial charge in [0.25, 0.3) is 5.91 Å². The molecule has 0 bridgehead atoms. The highest BCUT2D eigenvalue weighted by Gasteiger charge is 2.18. The molecule has 0 unspecified atom stereocenters. The molecule has 28 heavy (non-hydrogen) atoms. The van der Waals surface area contributed by atoms with Gasteiger partial charge in [-0.1, -0.05) is 24.3 Å². The summed E-state index contributed by atoms with van der Waals surface area (Å²) in [5, 5.41) is 12.1. The summed E-state index contributed by atoms with van der Waals surface area (Å²) in [6.07, 6.45) is 1.63. The number of carbonyl (C=O) groups is 1. The minimum atomic E-state index is -0.158. The SMILES string of the molecule is COc1ccccc1Nc1ncccc1C(=O)N(C)Cc1ccc(C#N)cc1. The van der Waals surface area contributed by atoms with Crippen molar-refractivity contribution in [3.63, 3.8) is 0 Å². The van der Waals surface area contributed by atoms with Gasteiger partial charge in [-0.15, -0.1) is 0 Å². The Bertz CT molecular complexity index is 1010. The molecule has 0 aliphatic heterocycles. The molecular formula is C22H20N4O2. The number of aromatic nitrogens is 1. The van der Waals surface area contributed by atoms with Crippen molar-refractivity contribution in [1.29, 1.82) is 5.26 Å². The highest BCUT2D eigenvalue weighted by atomic mass is 16.5. The number of pyridine rings is 1. The third kappa shape index (κ3) is 4.27. The second-order valence-corrected chi connectivity index (χ2v) is 6.19. The van der Waals surface area contributed by atoms with E-state index in [9.17, 15) is 4.79 Å². The topological polar surface area (TPSA) is 78.2 Å². The minimum absolute atomic E-state index is 0.158. The number of nitrogens with zero attached hydrogens (tertiary/aromatic N) is 3. The van der Waals surface area contributed by atoms with E-state index in [1.807, 2.05) is 36.4 Å². The predicted molar refractivity (Wildman–Crippen MR) is 107 cm³/mol. The zero-order valence-corrected chi connectivity index (χ0v) is 15.7. The molecule has 2 aromatic carbocycles. The number of hydrogen-bond donors (Lipinski definition) is 1. The molecule has 0 spiro atoms. The molecule has 0 fully saturated rings. The van der Waals surface area contributed by atoms with E-state index in [0.29, 0.717) is 29.2 Å². The van der Waals surface area contributed by atoms with Crippen molar-refractivity contribution in [3.8, 4) is 11.8 Å². The second-order valence-electron chi connectivity index (χ2n) is 6.19. The first kappa shape index (κ1) is 18.9. The van der Waals surface area contributed by atoms with Crippen LogP contribution in [0, 0.1) is 11.3 Å². The molecular weight excluding hydrogens is 352 g/mol. The van der Waals surface area contributed by atoms with E-state index in [1.54, 1.807) is 49.5 Å². The van der Waals surface area contributed by atoms with Crippen LogP contribution in [0.1, 0.15) is 21.5 Å². The van der Waals surface area contributed by atoms with Crippen molar-refractivity contribution >= 4 is 17.4 Å². The Balaban J connectivity index is 1.80. The van der Waals surface area contributed by atoms with Gasteiger partial charge in [-0.3, -0.25) is 4.79 Å². The van der Waals surface area contributed by atoms with Crippen LogP contribution < -0.4 is 10.1 Å². The van der Waals surface area contributed by atoms with Gasteiger partial charge in [-0.2, -0.15) is 5.26 Å². The average molecular weight is 372 g/mol. The molecule has 0 aliphatic carbocycles. The van der Waals surface area contributed by atoms with Crippen LogP contribution in [0.2, 0.25) is 0 Å². The zero-order valence-electron chi connectivity index (χ0n) is 15.7. The maximum Gasteiger partial charge on any atom is 0.257 e. The van der Waals surface area contributed by atoms with Crippen molar-refractivity contribution in [3.05, 3.63) is 83.6 Å². The largest absolute Gasteiger partial charge is 0.495 e. The summed E-state index contributed by atoms with van der Waals surface area (Å²) in [4.78, 5) is 18.9. The lowest BCUT2D eigenvalue weighted by Gasteiger charge is -2.19. The molecule has 3 aromatic rings. The molecule has 1 aromatic heterocycles.